The largest absolute Gasteiger partial charge is 0.453 e. The third-order valence-corrected chi connectivity index (χ3v) is 3.65. The molecule has 0 spiro atoms. The molecule has 1 N–H and O–H groups in total. The molecule has 0 aromatic heterocycles. The first kappa shape index (κ1) is 14.8. The fraction of sp³-hybridized carbons (Fsp3) is 0.846. The molecule has 18 heavy (non-hydrogen) atoms. The molecule has 5 heteroatoms. The second-order valence-corrected chi connectivity index (χ2v) is 4.75. The molecule has 0 radical (unpaired) electrons. The number of amides is 2. The number of nitrogens with one attached hydrogen (secondary N) is 1. The Labute approximate surface area is 109 Å². The van der Waals surface area contributed by atoms with Crippen molar-refractivity contribution in [2.45, 2.75) is 45.6 Å². The molecular formula is C13H24N2O3. The van der Waals surface area contributed by atoms with Crippen molar-refractivity contribution < 1.29 is 14.3 Å². The van der Waals surface area contributed by atoms with Crippen LogP contribution in [-0.2, 0) is 9.53 Å². The molecule has 0 aromatic carbocycles. The highest BCUT2D eigenvalue weighted by molar-refractivity contribution is 5.78. The Morgan fingerprint density at radius 2 is 1.83 bits per heavy atom. The molecule has 1 heterocycles. The summed E-state index contributed by atoms with van der Waals surface area (Å²) in [6, 6.07) is 0.128. The molecule has 1 aliphatic heterocycles. The van der Waals surface area contributed by atoms with Gasteiger partial charge in [0.25, 0.3) is 0 Å². The fourth-order valence-electron chi connectivity index (χ4n) is 2.37. The highest BCUT2D eigenvalue weighted by atomic mass is 16.5. The van der Waals surface area contributed by atoms with E-state index in [4.69, 9.17) is 0 Å². The van der Waals surface area contributed by atoms with Gasteiger partial charge in [0.1, 0.15) is 0 Å². The van der Waals surface area contributed by atoms with Gasteiger partial charge in [0, 0.05) is 25.0 Å². The zero-order chi connectivity index (χ0) is 13.5. The lowest BCUT2D eigenvalue weighted by molar-refractivity contribution is -0.136. The van der Waals surface area contributed by atoms with Gasteiger partial charge in [-0.25, -0.2) is 4.79 Å². The number of methoxy groups -OCH3 is 1. The minimum Gasteiger partial charge on any atom is -0.453 e. The SMILES string of the molecule is CCC(CC)C(=O)N1CCC(NC(=O)OC)CC1. The molecule has 104 valence electrons. The highest BCUT2D eigenvalue weighted by Crippen LogP contribution is 2.17. The van der Waals surface area contributed by atoms with Gasteiger partial charge in [0.2, 0.25) is 5.91 Å². The summed E-state index contributed by atoms with van der Waals surface area (Å²) >= 11 is 0. The standard InChI is InChI=1S/C13H24N2O3/c1-4-10(5-2)12(16)15-8-6-11(7-9-15)14-13(17)18-3/h10-11H,4-9H2,1-3H3,(H,14,17). The maximum atomic E-state index is 12.2. The van der Waals surface area contributed by atoms with Gasteiger partial charge in [-0.05, 0) is 25.7 Å². The van der Waals surface area contributed by atoms with E-state index in [0.29, 0.717) is 0 Å². The predicted molar refractivity (Wildman–Crippen MR) is 69.2 cm³/mol. The maximum Gasteiger partial charge on any atom is 0.407 e. The summed E-state index contributed by atoms with van der Waals surface area (Å²) in [5.41, 5.74) is 0. The van der Waals surface area contributed by atoms with Crippen LogP contribution in [0.5, 0.6) is 0 Å². The highest BCUT2D eigenvalue weighted by Gasteiger charge is 2.27. The molecule has 0 unspecified atom stereocenters. The number of carbonyl (C=O) groups is 2. The van der Waals surface area contributed by atoms with Gasteiger partial charge in [0.15, 0.2) is 0 Å². The van der Waals surface area contributed by atoms with Crippen LogP contribution in [0.25, 0.3) is 0 Å². The van der Waals surface area contributed by atoms with Gasteiger partial charge in [-0.3, -0.25) is 4.79 Å². The van der Waals surface area contributed by atoms with E-state index in [2.05, 4.69) is 23.9 Å². The Morgan fingerprint density at radius 3 is 2.28 bits per heavy atom. The van der Waals surface area contributed by atoms with Crippen LogP contribution in [0.3, 0.4) is 0 Å². The lowest BCUT2D eigenvalue weighted by Gasteiger charge is -2.34. The Morgan fingerprint density at radius 1 is 1.28 bits per heavy atom. The van der Waals surface area contributed by atoms with Crippen molar-refractivity contribution in [2.24, 2.45) is 5.92 Å². The van der Waals surface area contributed by atoms with E-state index >= 15 is 0 Å². The number of likely N-dealkylation sites (tertiary alicyclic amines) is 1. The summed E-state index contributed by atoms with van der Waals surface area (Å²) in [5, 5.41) is 2.79. The van der Waals surface area contributed by atoms with Gasteiger partial charge in [-0.15, -0.1) is 0 Å². The van der Waals surface area contributed by atoms with Gasteiger partial charge >= 0.3 is 6.09 Å². The molecule has 5 nitrogen and oxygen atoms in total. The number of nitrogens with zero attached hydrogens (tertiary/aromatic N) is 1. The van der Waals surface area contributed by atoms with Crippen LogP contribution in [0, 0.1) is 5.92 Å². The molecule has 1 rings (SSSR count). The average Bonchev–Trinajstić information content (AvgIpc) is 2.40. The van der Waals surface area contributed by atoms with Gasteiger partial charge in [-0.1, -0.05) is 13.8 Å². The minimum atomic E-state index is -0.389. The number of piperidine rings is 1. The van der Waals surface area contributed by atoms with Crippen molar-refractivity contribution in [3.05, 3.63) is 0 Å². The number of hydrogen-bond donors (Lipinski definition) is 1. The van der Waals surface area contributed by atoms with Gasteiger partial charge in [-0.2, -0.15) is 0 Å². The molecule has 1 aliphatic rings. The molecular weight excluding hydrogens is 232 g/mol. The van der Waals surface area contributed by atoms with E-state index < -0.39 is 0 Å². The second kappa shape index (κ2) is 7.24. The molecule has 0 aliphatic carbocycles. The van der Waals surface area contributed by atoms with Crippen molar-refractivity contribution in [1.82, 2.24) is 10.2 Å². The lowest BCUT2D eigenvalue weighted by atomic mass is 9.98. The predicted octanol–water partition coefficient (Wildman–Crippen LogP) is 1.77. The third-order valence-electron chi connectivity index (χ3n) is 3.65. The Balaban J connectivity index is 2.39. The molecule has 1 saturated heterocycles. The van der Waals surface area contributed by atoms with Crippen LogP contribution in [0.2, 0.25) is 0 Å². The van der Waals surface area contributed by atoms with E-state index in [0.717, 1.165) is 38.8 Å². The van der Waals surface area contributed by atoms with Crippen molar-refractivity contribution in [2.75, 3.05) is 20.2 Å². The van der Waals surface area contributed by atoms with E-state index in [-0.39, 0.29) is 24.0 Å². The molecule has 1 fully saturated rings. The van der Waals surface area contributed by atoms with Crippen LogP contribution >= 0.6 is 0 Å². The van der Waals surface area contributed by atoms with E-state index in [1.807, 2.05) is 4.90 Å². The summed E-state index contributed by atoms with van der Waals surface area (Å²) < 4.78 is 4.57. The van der Waals surface area contributed by atoms with E-state index in [9.17, 15) is 9.59 Å². The topological polar surface area (TPSA) is 58.6 Å². The number of hydrogen-bond acceptors (Lipinski definition) is 3. The summed E-state index contributed by atoms with van der Waals surface area (Å²) in [6.45, 7) is 5.56. The minimum absolute atomic E-state index is 0.128. The van der Waals surface area contributed by atoms with Crippen LogP contribution in [-0.4, -0.2) is 43.1 Å². The first-order valence-corrected chi connectivity index (χ1v) is 6.75. The zero-order valence-electron chi connectivity index (χ0n) is 11.6. The van der Waals surface area contributed by atoms with Gasteiger partial charge < -0.3 is 15.0 Å². The monoisotopic (exact) mass is 256 g/mol. The molecule has 2 amide bonds. The zero-order valence-corrected chi connectivity index (χ0v) is 11.6. The molecule has 0 saturated carbocycles. The average molecular weight is 256 g/mol. The number of alkyl carbamates (subject to hydrolysis) is 1. The molecule has 0 aromatic rings. The normalized spacial score (nSPS) is 16.8. The van der Waals surface area contributed by atoms with E-state index in [1.54, 1.807) is 0 Å². The van der Waals surface area contributed by atoms with Crippen molar-refractivity contribution >= 4 is 12.0 Å². The quantitative estimate of drug-likeness (QED) is 0.834. The van der Waals surface area contributed by atoms with Crippen molar-refractivity contribution in [1.29, 1.82) is 0 Å². The summed E-state index contributed by atoms with van der Waals surface area (Å²) in [6.07, 6.45) is 3.02. The summed E-state index contributed by atoms with van der Waals surface area (Å²) in [5.74, 6) is 0.409. The third kappa shape index (κ3) is 3.89. The first-order valence-electron chi connectivity index (χ1n) is 6.75. The van der Waals surface area contributed by atoms with Gasteiger partial charge in [0.05, 0.1) is 7.11 Å². The molecule has 0 bridgehead atoms. The van der Waals surface area contributed by atoms with Crippen LogP contribution in [0.4, 0.5) is 4.79 Å². The fourth-order valence-corrected chi connectivity index (χ4v) is 2.37. The second-order valence-electron chi connectivity index (χ2n) is 4.75. The molecule has 0 atom stereocenters. The Hall–Kier alpha value is -1.26. The maximum absolute atomic E-state index is 12.2. The van der Waals surface area contributed by atoms with Crippen LogP contribution in [0.15, 0.2) is 0 Å². The lowest BCUT2D eigenvalue weighted by Crippen LogP contribution is -2.48. The van der Waals surface area contributed by atoms with Crippen molar-refractivity contribution in [3.8, 4) is 0 Å². The smallest absolute Gasteiger partial charge is 0.407 e. The Kier molecular flexibility index (Phi) is 5.95. The van der Waals surface area contributed by atoms with Crippen LogP contribution in [0.1, 0.15) is 39.5 Å². The number of carbonyl (C=O) groups excluding carboxylic acids is 2. The summed E-state index contributed by atoms with van der Waals surface area (Å²) in [7, 11) is 1.36. The van der Waals surface area contributed by atoms with Crippen molar-refractivity contribution in [3.63, 3.8) is 0 Å². The van der Waals surface area contributed by atoms with Crippen LogP contribution < -0.4 is 5.32 Å². The Bertz CT molecular complexity index is 282. The van der Waals surface area contributed by atoms with E-state index in [1.165, 1.54) is 7.11 Å². The number of ether oxygens (including phenoxy) is 1. The first-order chi connectivity index (χ1) is 8.62. The summed E-state index contributed by atoms with van der Waals surface area (Å²) in [4.78, 5) is 25.2. The number of rotatable bonds is 4.